The molecule has 28 heavy (non-hydrogen) atoms. The summed E-state index contributed by atoms with van der Waals surface area (Å²) in [6.07, 6.45) is 1.61. The maximum atomic E-state index is 12.8. The molecule has 0 saturated carbocycles. The molecule has 0 aliphatic carbocycles. The van der Waals surface area contributed by atoms with Crippen molar-refractivity contribution in [2.24, 2.45) is 5.92 Å². The Morgan fingerprint density at radius 1 is 1.32 bits per heavy atom. The minimum absolute atomic E-state index is 0.0288. The molecule has 3 rings (SSSR count). The number of carbonyl (C=O) groups excluding carboxylic acids is 2. The number of aromatic amines is 1. The normalized spacial score (nSPS) is 16.7. The van der Waals surface area contributed by atoms with Crippen LogP contribution in [-0.4, -0.2) is 41.9 Å². The molecule has 2 N–H and O–H groups in total. The van der Waals surface area contributed by atoms with Crippen molar-refractivity contribution in [2.45, 2.75) is 33.2 Å². The highest BCUT2D eigenvalue weighted by atomic mass is 79.9. The molecule has 1 unspecified atom stereocenters. The Balaban J connectivity index is 1.62. The van der Waals surface area contributed by atoms with Gasteiger partial charge < -0.3 is 19.9 Å². The number of H-pyrrole nitrogens is 1. The Labute approximate surface area is 173 Å². The summed E-state index contributed by atoms with van der Waals surface area (Å²) in [6, 6.07) is 7.67. The van der Waals surface area contributed by atoms with E-state index < -0.39 is 0 Å². The summed E-state index contributed by atoms with van der Waals surface area (Å²) >= 11 is 3.45. The molecule has 1 aliphatic heterocycles. The van der Waals surface area contributed by atoms with E-state index in [9.17, 15) is 9.59 Å². The average molecular weight is 448 g/mol. The summed E-state index contributed by atoms with van der Waals surface area (Å²) in [5.74, 6) is 0.476. The van der Waals surface area contributed by atoms with Crippen molar-refractivity contribution in [3.8, 4) is 5.75 Å². The first kappa shape index (κ1) is 20.5. The lowest BCUT2D eigenvalue weighted by Crippen LogP contribution is -2.45. The zero-order valence-corrected chi connectivity index (χ0v) is 18.1. The van der Waals surface area contributed by atoms with E-state index in [2.05, 4.69) is 26.2 Å². The van der Waals surface area contributed by atoms with Crippen LogP contribution in [0.1, 0.15) is 40.2 Å². The number of aryl methyl sites for hydroxylation is 2. The number of rotatable bonds is 5. The molecule has 0 spiro atoms. The summed E-state index contributed by atoms with van der Waals surface area (Å²) in [7, 11) is 1.61. The third-order valence-corrected chi connectivity index (χ3v) is 5.63. The monoisotopic (exact) mass is 447 g/mol. The predicted octanol–water partition coefficient (Wildman–Crippen LogP) is 3.57. The van der Waals surface area contributed by atoms with Crippen LogP contribution in [0.15, 0.2) is 28.7 Å². The van der Waals surface area contributed by atoms with Gasteiger partial charge in [-0.3, -0.25) is 9.59 Å². The van der Waals surface area contributed by atoms with Crippen LogP contribution in [0.5, 0.6) is 5.75 Å². The smallest absolute Gasteiger partial charge is 0.270 e. The van der Waals surface area contributed by atoms with E-state index in [1.54, 1.807) is 12.0 Å². The van der Waals surface area contributed by atoms with Crippen LogP contribution in [0.25, 0.3) is 0 Å². The van der Waals surface area contributed by atoms with Crippen molar-refractivity contribution in [1.82, 2.24) is 15.2 Å². The molecule has 2 amide bonds. The number of halogens is 1. The van der Waals surface area contributed by atoms with Gasteiger partial charge in [0, 0.05) is 35.4 Å². The molecule has 1 aliphatic rings. The number of nitrogens with zero attached hydrogens (tertiary/aromatic N) is 1. The zero-order chi connectivity index (χ0) is 20.3. The summed E-state index contributed by atoms with van der Waals surface area (Å²) in [6.45, 7) is 5.38. The summed E-state index contributed by atoms with van der Waals surface area (Å²) in [5, 5.41) is 3.00. The average Bonchev–Trinajstić information content (AvgIpc) is 3.03. The van der Waals surface area contributed by atoms with Crippen molar-refractivity contribution in [3.63, 3.8) is 0 Å². The Bertz CT molecular complexity index is 878. The van der Waals surface area contributed by atoms with Crippen LogP contribution in [0, 0.1) is 19.8 Å². The van der Waals surface area contributed by atoms with Crippen molar-refractivity contribution in [1.29, 1.82) is 0 Å². The van der Waals surface area contributed by atoms with Crippen LogP contribution in [-0.2, 0) is 11.3 Å². The summed E-state index contributed by atoms with van der Waals surface area (Å²) < 4.78 is 6.29. The van der Waals surface area contributed by atoms with Gasteiger partial charge in [-0.05, 0) is 56.5 Å². The van der Waals surface area contributed by atoms with Gasteiger partial charge in [0.25, 0.3) is 5.91 Å². The van der Waals surface area contributed by atoms with Gasteiger partial charge in [-0.1, -0.05) is 15.9 Å². The number of hydrogen-bond donors (Lipinski definition) is 2. The number of aromatic nitrogens is 1. The van der Waals surface area contributed by atoms with E-state index in [0.717, 1.165) is 39.9 Å². The molecule has 2 aromatic rings. The minimum Gasteiger partial charge on any atom is -0.496 e. The SMILES string of the molecule is COc1ccc(Br)cc1CNC(=O)C1CCCN(C(=O)c2[nH]c(C)cc2C)C1. The topological polar surface area (TPSA) is 74.4 Å². The Morgan fingerprint density at radius 2 is 2.11 bits per heavy atom. The van der Waals surface area contributed by atoms with E-state index >= 15 is 0 Å². The van der Waals surface area contributed by atoms with Crippen molar-refractivity contribution < 1.29 is 14.3 Å². The third kappa shape index (κ3) is 4.58. The van der Waals surface area contributed by atoms with Crippen LogP contribution in [0.2, 0.25) is 0 Å². The summed E-state index contributed by atoms with van der Waals surface area (Å²) in [5.41, 5.74) is 3.44. The quantitative estimate of drug-likeness (QED) is 0.735. The number of piperidine rings is 1. The number of likely N-dealkylation sites (tertiary alicyclic amines) is 1. The van der Waals surface area contributed by atoms with Gasteiger partial charge in [0.05, 0.1) is 13.0 Å². The Morgan fingerprint density at radius 3 is 2.79 bits per heavy atom. The third-order valence-electron chi connectivity index (χ3n) is 5.14. The number of amides is 2. The second-order valence-corrected chi connectivity index (χ2v) is 8.19. The standard InChI is InChI=1S/C21H26BrN3O3/c1-13-9-14(2)24-19(13)21(27)25-8-4-5-15(12-25)20(26)23-11-16-10-17(22)6-7-18(16)28-3/h6-7,9-10,15,24H,4-5,8,11-12H2,1-3H3,(H,23,26). The number of carbonyl (C=O) groups is 2. The lowest BCUT2D eigenvalue weighted by atomic mass is 9.96. The second kappa shape index (κ2) is 8.82. The van der Waals surface area contributed by atoms with Crippen molar-refractivity contribution in [2.75, 3.05) is 20.2 Å². The first-order chi connectivity index (χ1) is 13.4. The molecular weight excluding hydrogens is 422 g/mol. The van der Waals surface area contributed by atoms with Gasteiger partial charge in [0.2, 0.25) is 5.91 Å². The highest BCUT2D eigenvalue weighted by Crippen LogP contribution is 2.24. The molecule has 150 valence electrons. The first-order valence-electron chi connectivity index (χ1n) is 9.44. The lowest BCUT2D eigenvalue weighted by molar-refractivity contribution is -0.126. The van der Waals surface area contributed by atoms with Gasteiger partial charge in [0.1, 0.15) is 11.4 Å². The number of methoxy groups -OCH3 is 1. The zero-order valence-electron chi connectivity index (χ0n) is 16.5. The molecule has 1 aromatic heterocycles. The van der Waals surface area contributed by atoms with E-state index in [1.807, 2.05) is 38.1 Å². The second-order valence-electron chi connectivity index (χ2n) is 7.27. The van der Waals surface area contributed by atoms with Crippen LogP contribution in [0.3, 0.4) is 0 Å². The molecule has 0 bridgehead atoms. The van der Waals surface area contributed by atoms with E-state index in [4.69, 9.17) is 4.74 Å². The van der Waals surface area contributed by atoms with E-state index in [-0.39, 0.29) is 17.7 Å². The fourth-order valence-corrected chi connectivity index (χ4v) is 4.11. The van der Waals surface area contributed by atoms with Crippen molar-refractivity contribution >= 4 is 27.7 Å². The fourth-order valence-electron chi connectivity index (χ4n) is 3.70. The number of hydrogen-bond acceptors (Lipinski definition) is 3. The van der Waals surface area contributed by atoms with E-state index in [1.165, 1.54) is 0 Å². The first-order valence-corrected chi connectivity index (χ1v) is 10.2. The van der Waals surface area contributed by atoms with Gasteiger partial charge in [-0.2, -0.15) is 0 Å². The molecule has 0 radical (unpaired) electrons. The molecule has 7 heteroatoms. The van der Waals surface area contributed by atoms with Gasteiger partial charge >= 0.3 is 0 Å². The molecule has 1 fully saturated rings. The predicted molar refractivity (Wildman–Crippen MR) is 111 cm³/mol. The highest BCUT2D eigenvalue weighted by Gasteiger charge is 2.30. The van der Waals surface area contributed by atoms with Crippen molar-refractivity contribution in [3.05, 3.63) is 51.3 Å². The fraction of sp³-hybridized carbons (Fsp3) is 0.429. The maximum Gasteiger partial charge on any atom is 0.270 e. The molecule has 1 aromatic carbocycles. The largest absolute Gasteiger partial charge is 0.496 e. The number of benzene rings is 1. The number of nitrogens with one attached hydrogen (secondary N) is 2. The van der Waals surface area contributed by atoms with Gasteiger partial charge in [0.15, 0.2) is 0 Å². The summed E-state index contributed by atoms with van der Waals surface area (Å²) in [4.78, 5) is 30.5. The Kier molecular flexibility index (Phi) is 6.44. The molecular formula is C21H26BrN3O3. The van der Waals surface area contributed by atoms with Crippen LogP contribution >= 0.6 is 15.9 Å². The molecule has 6 nitrogen and oxygen atoms in total. The molecule has 1 saturated heterocycles. The van der Waals surface area contributed by atoms with E-state index in [0.29, 0.717) is 25.3 Å². The molecule has 2 heterocycles. The van der Waals surface area contributed by atoms with Crippen LogP contribution < -0.4 is 10.1 Å². The van der Waals surface area contributed by atoms with Crippen LogP contribution in [0.4, 0.5) is 0 Å². The molecule has 1 atom stereocenters. The lowest BCUT2D eigenvalue weighted by Gasteiger charge is -2.32. The Hall–Kier alpha value is -2.28. The van der Waals surface area contributed by atoms with Gasteiger partial charge in [-0.25, -0.2) is 0 Å². The van der Waals surface area contributed by atoms with Gasteiger partial charge in [-0.15, -0.1) is 0 Å². The maximum absolute atomic E-state index is 12.8. The highest BCUT2D eigenvalue weighted by molar-refractivity contribution is 9.10. The minimum atomic E-state index is -0.202. The number of ether oxygens (including phenoxy) is 1.